The maximum atomic E-state index is 15.0. The number of ether oxygens (including phenoxy) is 15. The van der Waals surface area contributed by atoms with E-state index in [4.69, 9.17) is 71.1 Å². The molecule has 3 aliphatic rings. The molecule has 115 heavy (non-hydrogen) atoms. The quantitative estimate of drug-likeness (QED) is 0.0262. The Balaban J connectivity index is 0.936. The van der Waals surface area contributed by atoms with E-state index in [1.165, 1.54) is 128 Å². The van der Waals surface area contributed by atoms with Crippen molar-refractivity contribution in [2.24, 2.45) is 0 Å². The molecule has 0 unspecified atom stereocenters. The van der Waals surface area contributed by atoms with Crippen LogP contribution in [0.2, 0.25) is 0 Å². The minimum Gasteiger partial charge on any atom is -0.492 e. The van der Waals surface area contributed by atoms with Gasteiger partial charge in [0, 0.05) is 0 Å². The molecule has 25 nitrogen and oxygen atoms in total. The van der Waals surface area contributed by atoms with Crippen LogP contribution in [0.15, 0.2) is 315 Å². The van der Waals surface area contributed by atoms with Crippen molar-refractivity contribution in [2.45, 2.75) is 86.5 Å². The van der Waals surface area contributed by atoms with E-state index < -0.39 is 171 Å². The van der Waals surface area contributed by atoms with Gasteiger partial charge >= 0.3 is 59.7 Å². The predicted octanol–water partition coefficient (Wildman–Crippen LogP) is 12.7. The number of esters is 10. The van der Waals surface area contributed by atoms with Gasteiger partial charge in [0.2, 0.25) is 6.10 Å². The van der Waals surface area contributed by atoms with Gasteiger partial charge in [0.15, 0.2) is 67.0 Å². The van der Waals surface area contributed by atoms with Crippen molar-refractivity contribution in [3.05, 3.63) is 370 Å². The summed E-state index contributed by atoms with van der Waals surface area (Å²) in [6.07, 6.45) is -23.6. The van der Waals surface area contributed by atoms with Crippen LogP contribution in [0.5, 0.6) is 0 Å². The highest BCUT2D eigenvalue weighted by Gasteiger charge is 2.57. The van der Waals surface area contributed by atoms with E-state index in [-0.39, 0.29) is 61.4 Å². The van der Waals surface area contributed by atoms with Gasteiger partial charge in [-0.3, -0.25) is 0 Å². The van der Waals surface area contributed by atoms with Gasteiger partial charge < -0.3 is 71.1 Å². The van der Waals surface area contributed by atoms with Gasteiger partial charge in [-0.25, -0.2) is 47.9 Å². The molecule has 0 amide bonds. The van der Waals surface area contributed by atoms with E-state index in [1.54, 1.807) is 182 Å². The third-order valence-corrected chi connectivity index (χ3v) is 18.6. The average Bonchev–Trinajstić information content (AvgIpc) is 0.779. The average molecular weight is 1560 g/mol. The van der Waals surface area contributed by atoms with E-state index in [9.17, 15) is 43.2 Å². The third-order valence-electron chi connectivity index (χ3n) is 18.6. The van der Waals surface area contributed by atoms with Crippen molar-refractivity contribution >= 4 is 59.7 Å². The van der Waals surface area contributed by atoms with Crippen LogP contribution in [0.3, 0.4) is 0 Å². The summed E-state index contributed by atoms with van der Waals surface area (Å²) >= 11 is 0. The molecule has 0 radical (unpaired) electrons. The molecule has 0 aromatic heterocycles. The SMILES string of the molecule is C/C(OC[C@H]1OC[C@H](OC(=O)c2ccccc2)[C@@H](OC(=O)c2ccccc2)[C@@H]1OC(=O)c1ccccc1)=C1\O[C@H](CO[C@@H]2O[C@H](COC(=O)c3ccccc3)[C@@H](OC(=O)c3ccccc3)[C@H](OC(=O)c3ccccc3)[C@H]2OC(=O)c2ccccc2)[C@@H](OC(=O)c2ccccc2)[C@H](OC(=O)c2ccccc2)[C@H]1OC(=O)c1ccccc1. The lowest BCUT2D eigenvalue weighted by Gasteiger charge is -2.46. The molecule has 3 aliphatic heterocycles. The molecule has 13 rings (SSSR count). The van der Waals surface area contributed by atoms with Crippen LogP contribution in [-0.4, -0.2) is 166 Å². The topological polar surface area (TPSA) is 309 Å². The zero-order valence-corrected chi connectivity index (χ0v) is 61.4. The van der Waals surface area contributed by atoms with Gasteiger partial charge in [0.05, 0.1) is 68.8 Å². The molecule has 3 heterocycles. The Morgan fingerprint density at radius 1 is 0.270 bits per heavy atom. The summed E-state index contributed by atoms with van der Waals surface area (Å²) in [7, 11) is 0. The van der Waals surface area contributed by atoms with Gasteiger partial charge in [-0.05, 0) is 128 Å². The standard InChI is InChI=1S/C90H74O25/c1-56(101-52-67-72(108-82(93)59-36-16-4-17-37-59)73(109-83(94)60-38-18-5-19-39-60)69(53-102-67)106-81(92)58-34-14-3-15-35-58)71-76(112-86(97)63-44-24-8-25-45-63)77(113-87(98)64-46-26-9-27-47-64)74(110-84(95)61-40-20-6-21-41-61)68(105-71)55-104-90-79(115-89(100)66-50-30-11-31-51-66)78(114-88(99)65-48-28-10-29-49-65)75(111-85(96)62-42-22-7-23-43-62)70(107-90)54-103-80(91)57-32-12-2-13-33-57/h2-51,67-70,72-79,90H,52-55H2,1H3/b71-56+/t67-,68-,69+,70-,72-,73-,74-,75-,76+,77+,78+,79-,90-/m1/s1. The molecule has 10 aromatic rings. The number of rotatable bonds is 27. The van der Waals surface area contributed by atoms with Crippen molar-refractivity contribution in [3.8, 4) is 0 Å². The fraction of sp³-hybridized carbons (Fsp3) is 0.200. The summed E-state index contributed by atoms with van der Waals surface area (Å²) in [5, 5.41) is 0. The molecule has 3 saturated heterocycles. The minimum atomic E-state index is -2.05. The fourth-order valence-corrected chi connectivity index (χ4v) is 12.7. The van der Waals surface area contributed by atoms with Gasteiger partial charge in [0.25, 0.3) is 0 Å². The Kier molecular flexibility index (Phi) is 26.4. The highest BCUT2D eigenvalue weighted by Crippen LogP contribution is 2.39. The monoisotopic (exact) mass is 1550 g/mol. The fourth-order valence-electron chi connectivity index (χ4n) is 12.7. The van der Waals surface area contributed by atoms with Crippen molar-refractivity contribution in [1.82, 2.24) is 0 Å². The first kappa shape index (κ1) is 79.2. The van der Waals surface area contributed by atoms with Crippen LogP contribution in [0.1, 0.15) is 111 Å². The number of hydrogen-bond acceptors (Lipinski definition) is 25. The zero-order valence-electron chi connectivity index (χ0n) is 61.4. The Labute approximate surface area is 659 Å². The molecule has 13 atom stereocenters. The number of carbonyl (C=O) groups excluding carboxylic acids is 10. The Morgan fingerprint density at radius 3 is 0.896 bits per heavy atom. The lowest BCUT2D eigenvalue weighted by molar-refractivity contribution is -0.306. The molecule has 0 aliphatic carbocycles. The molecular weight excluding hydrogens is 1480 g/mol. The minimum absolute atomic E-state index is 0.0115. The van der Waals surface area contributed by atoms with E-state index in [1.807, 2.05) is 0 Å². The summed E-state index contributed by atoms with van der Waals surface area (Å²) < 4.78 is 96.8. The van der Waals surface area contributed by atoms with Gasteiger partial charge in [-0.15, -0.1) is 0 Å². The maximum absolute atomic E-state index is 15.0. The number of carbonyl (C=O) groups is 10. The molecule has 25 heteroatoms. The predicted molar refractivity (Wildman–Crippen MR) is 405 cm³/mol. The Hall–Kier alpha value is -13.9. The number of allylic oxidation sites excluding steroid dienone is 1. The van der Waals surface area contributed by atoms with Gasteiger partial charge in [-0.1, -0.05) is 182 Å². The van der Waals surface area contributed by atoms with Crippen LogP contribution in [0, 0.1) is 0 Å². The highest BCUT2D eigenvalue weighted by molar-refractivity contribution is 5.95. The van der Waals surface area contributed by atoms with Crippen molar-refractivity contribution in [3.63, 3.8) is 0 Å². The largest absolute Gasteiger partial charge is 0.492 e. The van der Waals surface area contributed by atoms with E-state index in [0.717, 1.165) is 0 Å². The lowest BCUT2D eigenvalue weighted by atomic mass is 9.95. The van der Waals surface area contributed by atoms with Crippen molar-refractivity contribution < 1.29 is 119 Å². The van der Waals surface area contributed by atoms with Crippen LogP contribution < -0.4 is 0 Å². The van der Waals surface area contributed by atoms with E-state index in [0.29, 0.717) is 0 Å². The number of benzene rings is 10. The molecule has 0 saturated carbocycles. The van der Waals surface area contributed by atoms with Crippen molar-refractivity contribution in [1.29, 1.82) is 0 Å². The summed E-state index contributed by atoms with van der Waals surface area (Å²) in [5.74, 6) is -10.5. The Bertz CT molecular complexity index is 5010. The molecule has 3 fully saturated rings. The van der Waals surface area contributed by atoms with Crippen LogP contribution >= 0.6 is 0 Å². The highest BCUT2D eigenvalue weighted by atomic mass is 16.7. The molecule has 0 bridgehead atoms. The van der Waals surface area contributed by atoms with Gasteiger partial charge in [0.1, 0.15) is 31.2 Å². The van der Waals surface area contributed by atoms with E-state index >= 15 is 4.79 Å². The summed E-state index contributed by atoms with van der Waals surface area (Å²) in [4.78, 5) is 146. The van der Waals surface area contributed by atoms with Crippen LogP contribution in [-0.2, 0) is 71.1 Å². The number of hydrogen-bond donors (Lipinski definition) is 0. The second-order valence-corrected chi connectivity index (χ2v) is 26.3. The van der Waals surface area contributed by atoms with E-state index in [2.05, 4.69) is 0 Å². The molecule has 0 N–H and O–H groups in total. The summed E-state index contributed by atoms with van der Waals surface area (Å²) in [6, 6.07) is 77.3. The second kappa shape index (κ2) is 38.4. The van der Waals surface area contributed by atoms with Crippen molar-refractivity contribution in [2.75, 3.05) is 26.4 Å². The third kappa shape index (κ3) is 20.3. The summed E-state index contributed by atoms with van der Waals surface area (Å²) in [6.45, 7) is -1.53. The molecule has 10 aromatic carbocycles. The first-order chi connectivity index (χ1) is 56.1. The smallest absolute Gasteiger partial charge is 0.338 e. The first-order valence-electron chi connectivity index (χ1n) is 36.6. The first-order valence-corrected chi connectivity index (χ1v) is 36.6. The maximum Gasteiger partial charge on any atom is 0.338 e. The normalized spacial score (nSPS) is 21.9. The van der Waals surface area contributed by atoms with Crippen LogP contribution in [0.25, 0.3) is 0 Å². The Morgan fingerprint density at radius 2 is 0.539 bits per heavy atom. The zero-order chi connectivity index (χ0) is 80.0. The lowest BCUT2D eigenvalue weighted by Crippen LogP contribution is -2.64. The summed E-state index contributed by atoms with van der Waals surface area (Å²) in [5.41, 5.74) is 0.193. The molecule has 584 valence electrons. The molecule has 0 spiro atoms. The van der Waals surface area contributed by atoms with Gasteiger partial charge in [-0.2, -0.15) is 0 Å². The molecular formula is C90H74O25. The second-order valence-electron chi connectivity index (χ2n) is 26.3. The van der Waals surface area contributed by atoms with Crippen LogP contribution in [0.4, 0.5) is 0 Å².